The highest BCUT2D eigenvalue weighted by Gasteiger charge is 2.01. The van der Waals surface area contributed by atoms with E-state index in [1.165, 1.54) is 12.3 Å². The smallest absolute Gasteiger partial charge is 0.218 e. The molecular formula is C6H5ClFNO. The summed E-state index contributed by atoms with van der Waals surface area (Å²) >= 11 is 5.46. The van der Waals surface area contributed by atoms with Crippen molar-refractivity contribution in [3.8, 4) is 0 Å². The van der Waals surface area contributed by atoms with Crippen LogP contribution in [0.4, 0.5) is 4.39 Å². The zero-order valence-corrected chi connectivity index (χ0v) is 5.77. The van der Waals surface area contributed by atoms with Gasteiger partial charge in [-0.05, 0) is 6.07 Å². The van der Waals surface area contributed by atoms with Crippen molar-refractivity contribution < 1.29 is 9.50 Å². The minimum atomic E-state index is -0.674. The molecule has 0 aliphatic carbocycles. The number of aromatic nitrogens is 1. The number of aliphatic hydroxyl groups is 1. The third kappa shape index (κ3) is 1.43. The fourth-order valence-electron chi connectivity index (χ4n) is 0.575. The number of pyridine rings is 1. The largest absolute Gasteiger partial charge is 0.392 e. The van der Waals surface area contributed by atoms with E-state index in [0.29, 0.717) is 5.02 Å². The monoisotopic (exact) mass is 161 g/mol. The molecule has 1 aromatic rings. The quantitative estimate of drug-likeness (QED) is 0.631. The van der Waals surface area contributed by atoms with Gasteiger partial charge in [-0.3, -0.25) is 0 Å². The minimum absolute atomic E-state index is 0.118. The summed E-state index contributed by atoms with van der Waals surface area (Å²) in [7, 11) is 0. The van der Waals surface area contributed by atoms with Crippen LogP contribution in [-0.4, -0.2) is 10.1 Å². The Balaban J connectivity index is 3.09. The first-order valence-corrected chi connectivity index (χ1v) is 3.02. The molecule has 1 aromatic heterocycles. The molecule has 0 fully saturated rings. The minimum Gasteiger partial charge on any atom is -0.392 e. The molecule has 0 aliphatic rings. The van der Waals surface area contributed by atoms with Gasteiger partial charge in [-0.1, -0.05) is 11.6 Å². The molecule has 0 radical (unpaired) electrons. The molecule has 0 bridgehead atoms. The fraction of sp³-hybridized carbons (Fsp3) is 0.167. The van der Waals surface area contributed by atoms with Crippen LogP contribution in [0.15, 0.2) is 12.3 Å². The van der Waals surface area contributed by atoms with E-state index in [9.17, 15) is 4.39 Å². The summed E-state index contributed by atoms with van der Waals surface area (Å²) < 4.78 is 12.4. The zero-order chi connectivity index (χ0) is 7.56. The van der Waals surface area contributed by atoms with Crippen molar-refractivity contribution in [3.63, 3.8) is 0 Å². The molecule has 54 valence electrons. The average Bonchev–Trinajstić information content (AvgIpc) is 1.94. The summed E-state index contributed by atoms with van der Waals surface area (Å²) in [4.78, 5) is 3.29. The lowest BCUT2D eigenvalue weighted by molar-refractivity contribution is 0.274. The second-order valence-electron chi connectivity index (χ2n) is 1.76. The van der Waals surface area contributed by atoms with E-state index in [2.05, 4.69) is 4.98 Å². The molecule has 1 rings (SSSR count). The van der Waals surface area contributed by atoms with Gasteiger partial charge in [0, 0.05) is 11.8 Å². The van der Waals surface area contributed by atoms with Crippen LogP contribution in [0.25, 0.3) is 0 Å². The van der Waals surface area contributed by atoms with Gasteiger partial charge < -0.3 is 5.11 Å². The first kappa shape index (κ1) is 7.44. The highest BCUT2D eigenvalue weighted by atomic mass is 35.5. The highest BCUT2D eigenvalue weighted by Crippen LogP contribution is 2.11. The van der Waals surface area contributed by atoms with E-state index in [4.69, 9.17) is 16.7 Å². The number of halogens is 2. The summed E-state index contributed by atoms with van der Waals surface area (Å²) in [5.41, 5.74) is 0.118. The maximum absolute atomic E-state index is 12.4. The molecule has 0 aromatic carbocycles. The lowest BCUT2D eigenvalue weighted by Crippen LogP contribution is -1.92. The van der Waals surface area contributed by atoms with E-state index in [1.54, 1.807) is 0 Å². The summed E-state index contributed by atoms with van der Waals surface area (Å²) in [5, 5.41) is 8.83. The van der Waals surface area contributed by atoms with Crippen molar-refractivity contribution in [3.05, 3.63) is 28.8 Å². The topological polar surface area (TPSA) is 33.1 Å². The van der Waals surface area contributed by atoms with Gasteiger partial charge in [0.25, 0.3) is 0 Å². The van der Waals surface area contributed by atoms with Gasteiger partial charge in [-0.15, -0.1) is 0 Å². The van der Waals surface area contributed by atoms with Gasteiger partial charge in [-0.2, -0.15) is 4.39 Å². The number of aliphatic hydroxyl groups excluding tert-OH is 1. The maximum atomic E-state index is 12.4. The van der Waals surface area contributed by atoms with Crippen LogP contribution < -0.4 is 0 Å². The average molecular weight is 162 g/mol. The second-order valence-corrected chi connectivity index (χ2v) is 2.20. The van der Waals surface area contributed by atoms with Gasteiger partial charge >= 0.3 is 0 Å². The number of hydrogen-bond acceptors (Lipinski definition) is 2. The molecule has 0 atom stereocenters. The van der Waals surface area contributed by atoms with Crippen LogP contribution in [0.1, 0.15) is 5.56 Å². The van der Waals surface area contributed by atoms with E-state index in [-0.39, 0.29) is 12.2 Å². The molecule has 1 heterocycles. The molecular weight excluding hydrogens is 157 g/mol. The Morgan fingerprint density at radius 2 is 2.40 bits per heavy atom. The van der Waals surface area contributed by atoms with Crippen LogP contribution >= 0.6 is 11.6 Å². The van der Waals surface area contributed by atoms with Crippen molar-refractivity contribution in [2.75, 3.05) is 0 Å². The summed E-state index contributed by atoms with van der Waals surface area (Å²) in [6.45, 7) is -0.376. The third-order valence-electron chi connectivity index (χ3n) is 1.05. The van der Waals surface area contributed by atoms with Crippen molar-refractivity contribution >= 4 is 11.6 Å². The Morgan fingerprint density at radius 3 is 2.90 bits per heavy atom. The van der Waals surface area contributed by atoms with Gasteiger partial charge in [-0.25, -0.2) is 4.98 Å². The molecule has 0 unspecified atom stereocenters. The Bertz CT molecular complexity index is 241. The summed E-state index contributed by atoms with van der Waals surface area (Å²) in [6, 6.07) is 1.34. The molecule has 0 spiro atoms. The normalized spacial score (nSPS) is 9.90. The molecule has 1 N–H and O–H groups in total. The van der Waals surface area contributed by atoms with Crippen LogP contribution in [0, 0.1) is 5.95 Å². The third-order valence-corrected chi connectivity index (χ3v) is 1.26. The highest BCUT2D eigenvalue weighted by molar-refractivity contribution is 6.30. The maximum Gasteiger partial charge on any atom is 0.218 e. The number of nitrogens with zero attached hydrogens (tertiary/aromatic N) is 1. The number of rotatable bonds is 1. The molecule has 0 amide bonds. The van der Waals surface area contributed by atoms with Gasteiger partial charge in [0.2, 0.25) is 5.95 Å². The van der Waals surface area contributed by atoms with Crippen molar-refractivity contribution in [2.45, 2.75) is 6.61 Å². The van der Waals surface area contributed by atoms with Crippen molar-refractivity contribution in [1.29, 1.82) is 0 Å². The van der Waals surface area contributed by atoms with E-state index >= 15 is 0 Å². The zero-order valence-electron chi connectivity index (χ0n) is 5.01. The lowest BCUT2D eigenvalue weighted by Gasteiger charge is -1.96. The van der Waals surface area contributed by atoms with E-state index in [1.807, 2.05) is 0 Å². The Hall–Kier alpha value is -0.670. The molecule has 0 saturated carbocycles. The van der Waals surface area contributed by atoms with Crippen molar-refractivity contribution in [1.82, 2.24) is 4.98 Å². The van der Waals surface area contributed by atoms with Gasteiger partial charge in [0.05, 0.1) is 11.6 Å². The summed E-state index contributed by atoms with van der Waals surface area (Å²) in [5.74, 6) is -0.674. The first-order valence-electron chi connectivity index (χ1n) is 2.65. The Morgan fingerprint density at radius 1 is 1.70 bits per heavy atom. The van der Waals surface area contributed by atoms with Crippen molar-refractivity contribution in [2.24, 2.45) is 0 Å². The molecule has 2 nitrogen and oxygen atoms in total. The summed E-state index contributed by atoms with van der Waals surface area (Å²) in [6.07, 6.45) is 1.19. The fourth-order valence-corrected chi connectivity index (χ4v) is 0.756. The molecule has 0 saturated heterocycles. The van der Waals surface area contributed by atoms with Crippen LogP contribution in [0.5, 0.6) is 0 Å². The number of hydrogen-bond donors (Lipinski definition) is 1. The molecule has 10 heavy (non-hydrogen) atoms. The Kier molecular flexibility index (Phi) is 2.19. The Labute approximate surface area is 62.3 Å². The van der Waals surface area contributed by atoms with Crippen LogP contribution in [0.2, 0.25) is 5.02 Å². The molecule has 0 aliphatic heterocycles. The van der Waals surface area contributed by atoms with E-state index in [0.717, 1.165) is 0 Å². The lowest BCUT2D eigenvalue weighted by atomic mass is 10.3. The first-order chi connectivity index (χ1) is 4.74. The second kappa shape index (κ2) is 2.94. The van der Waals surface area contributed by atoms with Crippen LogP contribution in [-0.2, 0) is 6.61 Å². The predicted octanol–water partition coefficient (Wildman–Crippen LogP) is 1.37. The van der Waals surface area contributed by atoms with Gasteiger partial charge in [0.1, 0.15) is 0 Å². The van der Waals surface area contributed by atoms with Crippen LogP contribution in [0.3, 0.4) is 0 Å². The standard InChI is InChI=1S/C6H5ClFNO/c7-5-1-4(3-10)6(8)9-2-5/h1-2,10H,3H2. The SMILES string of the molecule is OCc1cc(Cl)cnc1F. The van der Waals surface area contributed by atoms with Gasteiger partial charge in [0.15, 0.2) is 0 Å². The molecule has 4 heteroatoms. The predicted molar refractivity (Wildman–Crippen MR) is 35.1 cm³/mol. The van der Waals surface area contributed by atoms with E-state index < -0.39 is 5.95 Å².